The Balaban J connectivity index is 2.45. The average molecular weight is 313 g/mol. The normalized spacial score (nSPS) is 12.6. The molecule has 2 heteroatoms. The van der Waals surface area contributed by atoms with E-state index in [0.717, 1.165) is 6.23 Å². The van der Waals surface area contributed by atoms with Gasteiger partial charge in [-0.1, -0.05) is 88.4 Å². The first-order valence-electron chi connectivity index (χ1n) is 8.00. The zero-order valence-electron chi connectivity index (χ0n) is 14.5. The number of hydrogen-bond acceptors (Lipinski definition) is 1. The Morgan fingerprint density at radius 3 is 1.41 bits per heavy atom. The minimum Gasteiger partial charge on any atom is -0.388 e. The molecule has 0 radical (unpaired) electrons. The summed E-state index contributed by atoms with van der Waals surface area (Å²) >= 11 is 0. The molecule has 0 aromatic heterocycles. The van der Waals surface area contributed by atoms with Crippen molar-refractivity contribution in [3.8, 4) is 0 Å². The van der Waals surface area contributed by atoms with Crippen molar-refractivity contribution in [2.24, 2.45) is 0 Å². The molecule has 0 atom stereocenters. The summed E-state index contributed by atoms with van der Waals surface area (Å²) in [6.07, 6.45) is 0.879. The van der Waals surface area contributed by atoms with Gasteiger partial charge in [0.25, 0.3) is 0 Å². The van der Waals surface area contributed by atoms with E-state index in [2.05, 4.69) is 88.4 Å². The molecule has 0 bridgehead atoms. The van der Waals surface area contributed by atoms with Gasteiger partial charge in [-0.25, -0.2) is 0 Å². The van der Waals surface area contributed by atoms with Crippen molar-refractivity contribution in [3.05, 3.63) is 71.8 Å². The van der Waals surface area contributed by atoms with E-state index in [9.17, 15) is 0 Å². The largest absolute Gasteiger partial charge is 0.388 e. The maximum atomic E-state index is 5.68. The van der Waals surface area contributed by atoms with Gasteiger partial charge in [0.15, 0.2) is 0 Å². The van der Waals surface area contributed by atoms with Gasteiger partial charge in [-0.2, -0.15) is 0 Å². The van der Waals surface area contributed by atoms with Crippen molar-refractivity contribution < 1.29 is 4.74 Å². The van der Waals surface area contributed by atoms with E-state index >= 15 is 0 Å². The predicted octanol–water partition coefficient (Wildman–Crippen LogP) is 4.43. The molecule has 0 spiro atoms. The summed E-state index contributed by atoms with van der Waals surface area (Å²) in [5.41, 5.74) is 2.85. The molecule has 22 heavy (non-hydrogen) atoms. The lowest BCUT2D eigenvalue weighted by atomic mass is 10.0. The third-order valence-corrected chi connectivity index (χ3v) is 9.93. The van der Waals surface area contributed by atoms with Gasteiger partial charge >= 0.3 is 0 Å². The molecule has 0 fully saturated rings. The Labute approximate surface area is 136 Å². The summed E-state index contributed by atoms with van der Waals surface area (Å²) in [6, 6.07) is 21.8. The van der Waals surface area contributed by atoms with Crippen LogP contribution in [0.15, 0.2) is 60.7 Å². The summed E-state index contributed by atoms with van der Waals surface area (Å²) in [7, 11) is 0.508. The Bertz CT molecular complexity index is 524. The second-order valence-corrected chi connectivity index (χ2v) is 11.5. The molecule has 1 nitrogen and oxygen atoms in total. The van der Waals surface area contributed by atoms with Crippen molar-refractivity contribution in [2.75, 3.05) is 13.3 Å². The van der Waals surface area contributed by atoms with Crippen LogP contribution in [0, 0.1) is 0 Å². The van der Waals surface area contributed by atoms with Gasteiger partial charge in [0.1, 0.15) is 0 Å². The van der Waals surface area contributed by atoms with Crippen molar-refractivity contribution in [1.29, 1.82) is 0 Å². The van der Waals surface area contributed by atoms with Crippen molar-refractivity contribution in [2.45, 2.75) is 37.8 Å². The molecule has 0 amide bonds. The molecule has 0 unspecified atom stereocenters. The van der Waals surface area contributed by atoms with Gasteiger partial charge in [0.05, 0.1) is 8.80 Å². The van der Waals surface area contributed by atoms with Gasteiger partial charge in [-0.15, -0.1) is 0 Å². The maximum absolute atomic E-state index is 5.68. The Morgan fingerprint density at radius 1 is 0.727 bits per heavy atom. The Kier molecular flexibility index (Phi) is 5.25. The van der Waals surface area contributed by atoms with Gasteiger partial charge < -0.3 is 4.74 Å². The van der Waals surface area contributed by atoms with E-state index in [-0.39, 0.29) is 10.1 Å². The molecule has 2 aromatic rings. The highest BCUT2D eigenvalue weighted by Gasteiger charge is 2.43. The molecule has 2 aromatic carbocycles. The highest BCUT2D eigenvalue weighted by molar-refractivity contribution is 6.65. The van der Waals surface area contributed by atoms with Crippen LogP contribution in [0.3, 0.4) is 0 Å². The van der Waals surface area contributed by atoms with Crippen LogP contribution < -0.4 is 0 Å². The number of hydrogen-bond donors (Lipinski definition) is 0. The smallest absolute Gasteiger partial charge is 0.0885 e. The van der Waals surface area contributed by atoms with Crippen LogP contribution in [-0.2, 0) is 14.8 Å². The standard InChI is InChI=1S/C20H28OSi/c1-19(2,17-12-8-6-9-13-17)22(16-21-5)20(3,4)18-14-10-7-11-15-18/h6-15,22H,16H2,1-5H3. The van der Waals surface area contributed by atoms with Crippen LogP contribution in [-0.4, -0.2) is 22.1 Å². The monoisotopic (exact) mass is 312 g/mol. The number of rotatable bonds is 6. The van der Waals surface area contributed by atoms with Gasteiger partial charge in [-0.05, 0) is 21.2 Å². The van der Waals surface area contributed by atoms with Gasteiger partial charge in [0.2, 0.25) is 0 Å². The Morgan fingerprint density at radius 2 is 1.09 bits per heavy atom. The molecule has 0 heterocycles. The third kappa shape index (κ3) is 3.34. The fourth-order valence-corrected chi connectivity index (χ4v) is 7.78. The lowest BCUT2D eigenvalue weighted by molar-refractivity contribution is 0.241. The maximum Gasteiger partial charge on any atom is 0.0885 e. The first kappa shape index (κ1) is 17.0. The zero-order chi connectivity index (χ0) is 16.2. The molecule has 0 N–H and O–H groups in total. The van der Waals surface area contributed by atoms with Crippen molar-refractivity contribution in [1.82, 2.24) is 0 Å². The fourth-order valence-electron chi connectivity index (χ4n) is 3.62. The highest BCUT2D eigenvalue weighted by Crippen LogP contribution is 2.37. The molecule has 118 valence electrons. The molecular formula is C20H28OSi. The molecule has 0 aliphatic carbocycles. The summed E-state index contributed by atoms with van der Waals surface area (Å²) in [5, 5.41) is 0.327. The summed E-state index contributed by atoms with van der Waals surface area (Å²) in [6.45, 7) is 9.57. The third-order valence-electron chi connectivity index (χ3n) is 5.11. The van der Waals surface area contributed by atoms with E-state index < -0.39 is 8.80 Å². The SMILES string of the molecule is COC[SiH](C(C)(C)c1ccccc1)C(C)(C)c1ccccc1. The fraction of sp³-hybridized carbons (Fsp3) is 0.400. The number of methoxy groups -OCH3 is 1. The Hall–Kier alpha value is -1.38. The average Bonchev–Trinajstić information content (AvgIpc) is 2.54. The highest BCUT2D eigenvalue weighted by atomic mass is 28.3. The van der Waals surface area contributed by atoms with E-state index in [1.54, 1.807) is 0 Å². The lowest BCUT2D eigenvalue weighted by Gasteiger charge is -2.44. The van der Waals surface area contributed by atoms with Crippen LogP contribution in [0.2, 0.25) is 0 Å². The quantitative estimate of drug-likeness (QED) is 0.717. The molecule has 0 saturated carbocycles. The van der Waals surface area contributed by atoms with Crippen LogP contribution >= 0.6 is 0 Å². The van der Waals surface area contributed by atoms with Crippen molar-refractivity contribution >= 4 is 8.80 Å². The van der Waals surface area contributed by atoms with E-state index in [1.807, 2.05) is 7.11 Å². The van der Waals surface area contributed by atoms with E-state index in [0.29, 0.717) is 0 Å². The van der Waals surface area contributed by atoms with Gasteiger partial charge in [0, 0.05) is 13.3 Å². The summed E-state index contributed by atoms with van der Waals surface area (Å²) < 4.78 is 5.68. The predicted molar refractivity (Wildman–Crippen MR) is 98.0 cm³/mol. The van der Waals surface area contributed by atoms with E-state index in [1.165, 1.54) is 11.1 Å². The lowest BCUT2D eigenvalue weighted by Crippen LogP contribution is -2.54. The summed E-state index contributed by atoms with van der Waals surface area (Å²) in [4.78, 5) is 0. The first-order valence-corrected chi connectivity index (χ1v) is 9.98. The number of ether oxygens (including phenoxy) is 1. The van der Waals surface area contributed by atoms with Crippen LogP contribution in [0.5, 0.6) is 0 Å². The van der Waals surface area contributed by atoms with E-state index in [4.69, 9.17) is 4.74 Å². The minimum atomic E-state index is -1.33. The second kappa shape index (κ2) is 6.80. The molecule has 0 aliphatic heterocycles. The first-order chi connectivity index (χ1) is 10.4. The van der Waals surface area contributed by atoms with Gasteiger partial charge in [-0.3, -0.25) is 0 Å². The molecule has 0 aliphatic rings. The molecule has 2 rings (SSSR count). The van der Waals surface area contributed by atoms with Crippen LogP contribution in [0.1, 0.15) is 38.8 Å². The number of benzene rings is 2. The van der Waals surface area contributed by atoms with Crippen LogP contribution in [0.25, 0.3) is 0 Å². The van der Waals surface area contributed by atoms with Crippen molar-refractivity contribution in [3.63, 3.8) is 0 Å². The zero-order valence-corrected chi connectivity index (χ0v) is 15.6. The topological polar surface area (TPSA) is 9.23 Å². The summed E-state index contributed by atoms with van der Waals surface area (Å²) in [5.74, 6) is 0. The minimum absolute atomic E-state index is 0.163. The van der Waals surface area contributed by atoms with Crippen LogP contribution in [0.4, 0.5) is 0 Å². The molecule has 0 saturated heterocycles. The molecular weight excluding hydrogens is 284 g/mol. The second-order valence-electron chi connectivity index (χ2n) is 7.18.